The Balaban J connectivity index is 1.92. The van der Waals surface area contributed by atoms with Crippen molar-refractivity contribution in [2.75, 3.05) is 13.7 Å². The number of benzene rings is 1. The lowest BCUT2D eigenvalue weighted by Crippen LogP contribution is -2.20. The van der Waals surface area contributed by atoms with E-state index in [2.05, 4.69) is 0 Å². The molecular weight excluding hydrogens is 233 g/mol. The highest BCUT2D eigenvalue weighted by molar-refractivity contribution is 5.34. The average Bonchev–Trinajstić information content (AvgIpc) is 2.84. The van der Waals surface area contributed by atoms with Gasteiger partial charge in [-0.15, -0.1) is 0 Å². The molecule has 2 N–H and O–H groups in total. The van der Waals surface area contributed by atoms with E-state index in [4.69, 9.17) is 15.2 Å². The molecule has 0 amide bonds. The zero-order chi connectivity index (χ0) is 13.0. The van der Waals surface area contributed by atoms with Crippen molar-refractivity contribution in [3.8, 4) is 5.75 Å². The van der Waals surface area contributed by atoms with E-state index >= 15 is 0 Å². The molecule has 1 aliphatic heterocycles. The number of nitrogens with two attached hydrogens (primary N) is 1. The van der Waals surface area contributed by atoms with Crippen LogP contribution >= 0.6 is 0 Å². The topological polar surface area (TPSA) is 44.5 Å². The van der Waals surface area contributed by atoms with E-state index in [1.807, 2.05) is 0 Å². The molecule has 2 rings (SSSR count). The van der Waals surface area contributed by atoms with Gasteiger partial charge in [0, 0.05) is 6.54 Å². The van der Waals surface area contributed by atoms with Gasteiger partial charge < -0.3 is 15.2 Å². The molecule has 0 aromatic heterocycles. The third-order valence-corrected chi connectivity index (χ3v) is 3.44. The van der Waals surface area contributed by atoms with Gasteiger partial charge in [0.05, 0.1) is 19.3 Å². The van der Waals surface area contributed by atoms with Crippen LogP contribution in [0, 0.1) is 5.82 Å². The smallest absolute Gasteiger partial charge is 0.123 e. The first-order chi connectivity index (χ1) is 8.72. The van der Waals surface area contributed by atoms with Gasteiger partial charge in [-0.3, -0.25) is 0 Å². The molecule has 3 nitrogen and oxygen atoms in total. The Morgan fingerprint density at radius 3 is 2.83 bits per heavy atom. The SMILES string of the molecule is COc1ccc(F)cc1CC[C@H]1CC[C@@H](CN)O1. The van der Waals surface area contributed by atoms with Crippen LogP contribution in [0.2, 0.25) is 0 Å². The first kappa shape index (κ1) is 13.3. The van der Waals surface area contributed by atoms with Gasteiger partial charge in [0.1, 0.15) is 11.6 Å². The van der Waals surface area contributed by atoms with Crippen LogP contribution in [-0.2, 0) is 11.2 Å². The molecule has 0 bridgehead atoms. The molecule has 4 heteroatoms. The Morgan fingerprint density at radius 1 is 1.39 bits per heavy atom. The van der Waals surface area contributed by atoms with Crippen molar-refractivity contribution in [1.82, 2.24) is 0 Å². The first-order valence-corrected chi connectivity index (χ1v) is 6.41. The van der Waals surface area contributed by atoms with E-state index in [0.29, 0.717) is 6.54 Å². The Hall–Kier alpha value is -1.13. The Labute approximate surface area is 107 Å². The Bertz CT molecular complexity index is 397. The van der Waals surface area contributed by atoms with E-state index < -0.39 is 0 Å². The summed E-state index contributed by atoms with van der Waals surface area (Å²) in [5, 5.41) is 0. The fourth-order valence-corrected chi connectivity index (χ4v) is 2.42. The van der Waals surface area contributed by atoms with Crippen LogP contribution in [0.1, 0.15) is 24.8 Å². The van der Waals surface area contributed by atoms with Gasteiger partial charge in [-0.1, -0.05) is 0 Å². The van der Waals surface area contributed by atoms with Crippen LogP contribution in [0.4, 0.5) is 4.39 Å². The molecule has 0 radical (unpaired) electrons. The van der Waals surface area contributed by atoms with Crippen molar-refractivity contribution in [3.05, 3.63) is 29.6 Å². The summed E-state index contributed by atoms with van der Waals surface area (Å²) in [4.78, 5) is 0. The zero-order valence-corrected chi connectivity index (χ0v) is 10.7. The predicted octanol–water partition coefficient (Wildman–Crippen LogP) is 2.27. The maximum absolute atomic E-state index is 13.2. The second-order valence-electron chi connectivity index (χ2n) is 4.69. The number of hydrogen-bond acceptors (Lipinski definition) is 3. The molecule has 2 atom stereocenters. The number of halogens is 1. The molecule has 1 fully saturated rings. The molecule has 0 spiro atoms. The highest BCUT2D eigenvalue weighted by Crippen LogP contribution is 2.26. The lowest BCUT2D eigenvalue weighted by molar-refractivity contribution is 0.0457. The summed E-state index contributed by atoms with van der Waals surface area (Å²) >= 11 is 0. The number of rotatable bonds is 5. The maximum Gasteiger partial charge on any atom is 0.123 e. The summed E-state index contributed by atoms with van der Waals surface area (Å²) in [7, 11) is 1.60. The van der Waals surface area contributed by atoms with Gasteiger partial charge in [0.2, 0.25) is 0 Å². The van der Waals surface area contributed by atoms with Gasteiger partial charge in [0.15, 0.2) is 0 Å². The van der Waals surface area contributed by atoms with Crippen LogP contribution in [-0.4, -0.2) is 25.9 Å². The highest BCUT2D eigenvalue weighted by Gasteiger charge is 2.24. The second-order valence-corrected chi connectivity index (χ2v) is 4.69. The first-order valence-electron chi connectivity index (χ1n) is 6.41. The van der Waals surface area contributed by atoms with Crippen LogP contribution < -0.4 is 10.5 Å². The van der Waals surface area contributed by atoms with Gasteiger partial charge in [0.25, 0.3) is 0 Å². The largest absolute Gasteiger partial charge is 0.496 e. The molecule has 1 aromatic carbocycles. The summed E-state index contributed by atoms with van der Waals surface area (Å²) in [5.41, 5.74) is 6.47. The van der Waals surface area contributed by atoms with Crippen LogP contribution in [0.25, 0.3) is 0 Å². The van der Waals surface area contributed by atoms with E-state index in [9.17, 15) is 4.39 Å². The Kier molecular flexibility index (Phi) is 4.55. The van der Waals surface area contributed by atoms with E-state index in [-0.39, 0.29) is 18.0 Å². The summed E-state index contributed by atoms with van der Waals surface area (Å²) in [6.45, 7) is 0.583. The number of ether oxygens (including phenoxy) is 2. The second kappa shape index (κ2) is 6.16. The third kappa shape index (κ3) is 3.21. The summed E-state index contributed by atoms with van der Waals surface area (Å²) in [6.07, 6.45) is 4.16. The predicted molar refractivity (Wildman–Crippen MR) is 68.2 cm³/mol. The maximum atomic E-state index is 13.2. The Morgan fingerprint density at radius 2 is 2.17 bits per heavy atom. The van der Waals surface area contributed by atoms with Crippen molar-refractivity contribution < 1.29 is 13.9 Å². The molecule has 0 aliphatic carbocycles. The van der Waals surface area contributed by atoms with E-state index in [1.165, 1.54) is 12.1 Å². The van der Waals surface area contributed by atoms with Crippen molar-refractivity contribution >= 4 is 0 Å². The highest BCUT2D eigenvalue weighted by atomic mass is 19.1. The molecule has 1 aromatic rings. The number of methoxy groups -OCH3 is 1. The average molecular weight is 253 g/mol. The summed E-state index contributed by atoms with van der Waals surface area (Å²) < 4.78 is 24.2. The van der Waals surface area contributed by atoms with Crippen molar-refractivity contribution in [3.63, 3.8) is 0 Å². The summed E-state index contributed by atoms with van der Waals surface area (Å²) in [5.74, 6) is 0.516. The number of hydrogen-bond donors (Lipinski definition) is 1. The monoisotopic (exact) mass is 253 g/mol. The molecule has 1 saturated heterocycles. The fraction of sp³-hybridized carbons (Fsp3) is 0.571. The molecule has 1 aliphatic rings. The molecule has 18 heavy (non-hydrogen) atoms. The summed E-state index contributed by atoms with van der Waals surface area (Å²) in [6, 6.07) is 4.62. The normalized spacial score (nSPS) is 23.3. The molecule has 0 unspecified atom stereocenters. The lowest BCUT2D eigenvalue weighted by Gasteiger charge is -2.13. The van der Waals surface area contributed by atoms with Crippen LogP contribution in [0.3, 0.4) is 0 Å². The van der Waals surface area contributed by atoms with Crippen LogP contribution in [0.5, 0.6) is 5.75 Å². The minimum absolute atomic E-state index is 0.199. The standard InChI is InChI=1S/C14H20FNO2/c1-17-14-7-3-11(15)8-10(14)2-4-12-5-6-13(9-16)18-12/h3,7-8,12-13H,2,4-6,9,16H2,1H3/t12-,13-/m0/s1. The minimum atomic E-state index is -0.224. The van der Waals surface area contributed by atoms with Gasteiger partial charge >= 0.3 is 0 Å². The van der Waals surface area contributed by atoms with Gasteiger partial charge in [-0.2, -0.15) is 0 Å². The van der Waals surface area contributed by atoms with Crippen molar-refractivity contribution in [1.29, 1.82) is 0 Å². The lowest BCUT2D eigenvalue weighted by atomic mass is 10.0. The van der Waals surface area contributed by atoms with Gasteiger partial charge in [-0.05, 0) is 49.4 Å². The number of aryl methyl sites for hydroxylation is 1. The van der Waals surface area contributed by atoms with E-state index in [1.54, 1.807) is 13.2 Å². The van der Waals surface area contributed by atoms with Gasteiger partial charge in [-0.25, -0.2) is 4.39 Å². The minimum Gasteiger partial charge on any atom is -0.496 e. The molecule has 0 saturated carbocycles. The van der Waals surface area contributed by atoms with Crippen molar-refractivity contribution in [2.24, 2.45) is 5.73 Å². The molecule has 1 heterocycles. The fourth-order valence-electron chi connectivity index (χ4n) is 2.42. The third-order valence-electron chi connectivity index (χ3n) is 3.44. The molecular formula is C14H20FNO2. The quantitative estimate of drug-likeness (QED) is 0.875. The molecule has 100 valence electrons. The van der Waals surface area contributed by atoms with Crippen molar-refractivity contribution in [2.45, 2.75) is 37.9 Å². The van der Waals surface area contributed by atoms with E-state index in [0.717, 1.165) is 37.0 Å². The zero-order valence-electron chi connectivity index (χ0n) is 10.7. The van der Waals surface area contributed by atoms with Crippen LogP contribution in [0.15, 0.2) is 18.2 Å².